The van der Waals surface area contributed by atoms with Crippen molar-refractivity contribution in [2.24, 2.45) is 5.73 Å². The number of carboxylic acids is 1. The summed E-state index contributed by atoms with van der Waals surface area (Å²) in [4.78, 5) is 48.9. The fraction of sp³-hybridized carbons (Fsp3) is 0.500. The minimum atomic E-state index is -4.72. The summed E-state index contributed by atoms with van der Waals surface area (Å²) < 4.78 is 21.8. The first-order valence-corrected chi connectivity index (χ1v) is 10.3. The number of aliphatic carboxylic acids is 1. The standard InChI is InChI=1S/C10H14N5O7P.C4H8N2O3/c11-8-5-9(13-2-12-8)15(3-14-5)10-7(17)6(16)4(22-10)1-21-23(18,19)20;5-4(9)6-2-1-3(7)8/h2-4,6-7,10,16-17H,1H2,(H2,11,12,13)(H2,18,19,20);1-2H2,(H,7,8)(H3,5,6,9)/t4-,6-,7-,10-;/m1./s1. The number of phosphoric acid groups is 1. The first-order valence-electron chi connectivity index (χ1n) is 8.80. The lowest BCUT2D eigenvalue weighted by atomic mass is 10.1. The molecule has 2 aromatic rings. The number of carbonyl (C=O) groups excluding carboxylic acids is 1. The molecule has 3 rings (SSSR count). The van der Waals surface area contributed by atoms with Gasteiger partial charge in [0.1, 0.15) is 30.2 Å². The predicted molar refractivity (Wildman–Crippen MR) is 103 cm³/mol. The third-order valence-electron chi connectivity index (χ3n) is 4.04. The van der Waals surface area contributed by atoms with Gasteiger partial charge in [-0.05, 0) is 0 Å². The number of nitrogens with two attached hydrogens (primary N) is 2. The van der Waals surface area contributed by atoms with Gasteiger partial charge in [-0.15, -0.1) is 0 Å². The Balaban J connectivity index is 0.000000344. The molecule has 1 aliphatic heterocycles. The van der Waals surface area contributed by atoms with E-state index in [0.717, 1.165) is 0 Å². The molecule has 0 aliphatic carbocycles. The fourth-order valence-electron chi connectivity index (χ4n) is 2.62. The molecule has 178 valence electrons. The largest absolute Gasteiger partial charge is 0.481 e. The Morgan fingerprint density at radius 1 is 1.25 bits per heavy atom. The molecule has 1 fully saturated rings. The number of hydrogen-bond donors (Lipinski definition) is 8. The number of phosphoric ester groups is 1. The molecule has 2 aromatic heterocycles. The summed E-state index contributed by atoms with van der Waals surface area (Å²) in [5, 5.41) is 30.2. The van der Waals surface area contributed by atoms with Crippen molar-refractivity contribution >= 4 is 36.8 Å². The second-order valence-corrected chi connectivity index (χ2v) is 7.59. The van der Waals surface area contributed by atoms with Crippen LogP contribution in [0.4, 0.5) is 10.6 Å². The summed E-state index contributed by atoms with van der Waals surface area (Å²) in [6.45, 7) is -0.507. The van der Waals surface area contributed by atoms with Gasteiger partial charge in [-0.2, -0.15) is 0 Å². The first kappa shape index (κ1) is 25.3. The number of carboxylic acid groups (broad SMARTS) is 1. The number of ether oxygens (including phenoxy) is 1. The Morgan fingerprint density at radius 2 is 1.94 bits per heavy atom. The second kappa shape index (κ2) is 10.6. The molecule has 0 radical (unpaired) electrons. The Morgan fingerprint density at radius 3 is 2.53 bits per heavy atom. The van der Waals surface area contributed by atoms with Crippen molar-refractivity contribution in [1.82, 2.24) is 24.8 Å². The van der Waals surface area contributed by atoms with E-state index in [1.165, 1.54) is 17.2 Å². The Bertz CT molecular complexity index is 983. The lowest BCUT2D eigenvalue weighted by molar-refractivity contribution is -0.136. The molecule has 32 heavy (non-hydrogen) atoms. The number of rotatable bonds is 7. The van der Waals surface area contributed by atoms with E-state index in [-0.39, 0.29) is 24.4 Å². The minimum Gasteiger partial charge on any atom is -0.481 e. The first-order chi connectivity index (χ1) is 14.9. The summed E-state index contributed by atoms with van der Waals surface area (Å²) >= 11 is 0. The van der Waals surface area contributed by atoms with Crippen LogP contribution in [0.5, 0.6) is 0 Å². The number of carbonyl (C=O) groups is 2. The minimum absolute atomic E-state index is 0.0880. The number of aliphatic hydroxyl groups is 2. The number of fused-ring (bicyclic) bond motifs is 1. The number of nitrogens with one attached hydrogen (secondary N) is 1. The van der Waals surface area contributed by atoms with Gasteiger partial charge in [0.05, 0.1) is 19.4 Å². The maximum Gasteiger partial charge on any atom is 0.469 e. The molecule has 1 saturated heterocycles. The van der Waals surface area contributed by atoms with Gasteiger partial charge in [0.2, 0.25) is 0 Å². The third-order valence-corrected chi connectivity index (χ3v) is 4.53. The number of urea groups is 1. The highest BCUT2D eigenvalue weighted by atomic mass is 31.2. The van der Waals surface area contributed by atoms with Gasteiger partial charge >= 0.3 is 19.8 Å². The van der Waals surface area contributed by atoms with E-state index >= 15 is 0 Å². The summed E-state index contributed by atoms with van der Waals surface area (Å²) in [6.07, 6.45) is -2.58. The Hall–Kier alpha value is -2.92. The number of aliphatic hydroxyl groups excluding tert-OH is 2. The highest BCUT2D eigenvalue weighted by molar-refractivity contribution is 7.46. The quantitative estimate of drug-likeness (QED) is 0.187. The van der Waals surface area contributed by atoms with Gasteiger partial charge < -0.3 is 46.6 Å². The number of nitrogens with zero attached hydrogens (tertiary/aromatic N) is 4. The third kappa shape index (κ3) is 6.79. The van der Waals surface area contributed by atoms with Crippen molar-refractivity contribution in [1.29, 1.82) is 0 Å². The molecule has 3 heterocycles. The van der Waals surface area contributed by atoms with Gasteiger partial charge in [0.15, 0.2) is 17.7 Å². The average Bonchev–Trinajstić information content (AvgIpc) is 3.22. The van der Waals surface area contributed by atoms with Crippen molar-refractivity contribution in [2.45, 2.75) is 31.0 Å². The van der Waals surface area contributed by atoms with Gasteiger partial charge in [-0.25, -0.2) is 24.3 Å². The molecule has 2 amide bonds. The molecule has 0 unspecified atom stereocenters. The number of aromatic nitrogens is 4. The molecule has 10 N–H and O–H groups in total. The molecule has 0 bridgehead atoms. The second-order valence-electron chi connectivity index (χ2n) is 6.35. The SMILES string of the molecule is NC(=O)NCCC(=O)O.Nc1ncnc2c1ncn2[C@@H]1O[C@H](COP(=O)(O)O)[C@@H](O)[C@H]1O. The molecule has 0 aromatic carbocycles. The van der Waals surface area contributed by atoms with Crippen molar-refractivity contribution in [3.63, 3.8) is 0 Å². The van der Waals surface area contributed by atoms with E-state index in [9.17, 15) is 24.4 Å². The highest BCUT2D eigenvalue weighted by Crippen LogP contribution is 2.38. The van der Waals surface area contributed by atoms with E-state index in [1.807, 2.05) is 0 Å². The lowest BCUT2D eigenvalue weighted by Crippen LogP contribution is -2.33. The maximum absolute atomic E-state index is 10.7. The summed E-state index contributed by atoms with van der Waals surface area (Å²) in [5.74, 6) is -0.813. The molecule has 18 heteroatoms. The summed E-state index contributed by atoms with van der Waals surface area (Å²) in [7, 11) is -4.72. The molecular weight excluding hydrogens is 457 g/mol. The zero-order chi connectivity index (χ0) is 24.1. The molecule has 4 atom stereocenters. The Labute approximate surface area is 179 Å². The van der Waals surface area contributed by atoms with E-state index in [2.05, 4.69) is 30.5 Å². The van der Waals surface area contributed by atoms with Crippen LogP contribution in [-0.2, 0) is 18.6 Å². The van der Waals surface area contributed by atoms with Gasteiger partial charge in [-0.1, -0.05) is 0 Å². The van der Waals surface area contributed by atoms with Crippen LogP contribution >= 0.6 is 7.82 Å². The van der Waals surface area contributed by atoms with Crippen LogP contribution in [0.2, 0.25) is 0 Å². The molecule has 17 nitrogen and oxygen atoms in total. The summed E-state index contributed by atoms with van der Waals surface area (Å²) in [6, 6.07) is -0.698. The van der Waals surface area contributed by atoms with E-state index in [0.29, 0.717) is 5.52 Å². The maximum atomic E-state index is 10.7. The van der Waals surface area contributed by atoms with E-state index < -0.39 is 51.0 Å². The number of primary amides is 1. The van der Waals surface area contributed by atoms with Gasteiger partial charge in [0.25, 0.3) is 0 Å². The molecule has 0 spiro atoms. The van der Waals surface area contributed by atoms with Crippen LogP contribution in [0.3, 0.4) is 0 Å². The van der Waals surface area contributed by atoms with Crippen LogP contribution in [0.1, 0.15) is 12.6 Å². The number of hydrogen-bond acceptors (Lipinski definition) is 11. The van der Waals surface area contributed by atoms with Crippen molar-refractivity contribution in [3.05, 3.63) is 12.7 Å². The topological polar surface area (TPSA) is 278 Å². The zero-order valence-electron chi connectivity index (χ0n) is 16.3. The summed E-state index contributed by atoms with van der Waals surface area (Å²) in [5.41, 5.74) is 10.9. The van der Waals surface area contributed by atoms with Crippen molar-refractivity contribution < 1.29 is 48.5 Å². The zero-order valence-corrected chi connectivity index (χ0v) is 17.1. The lowest BCUT2D eigenvalue weighted by Gasteiger charge is -2.16. The molecule has 1 aliphatic rings. The number of amides is 2. The highest BCUT2D eigenvalue weighted by Gasteiger charge is 2.45. The predicted octanol–water partition coefficient (Wildman–Crippen LogP) is -2.73. The van der Waals surface area contributed by atoms with Crippen LogP contribution in [0.25, 0.3) is 11.2 Å². The number of imidazole rings is 1. The molecule has 0 saturated carbocycles. The fourth-order valence-corrected chi connectivity index (χ4v) is 2.96. The molecular formula is C14H22N7O10P. The number of anilines is 1. The van der Waals surface area contributed by atoms with Gasteiger partial charge in [0, 0.05) is 6.54 Å². The van der Waals surface area contributed by atoms with Gasteiger partial charge in [-0.3, -0.25) is 13.9 Å². The Kier molecular flexibility index (Phi) is 8.39. The van der Waals surface area contributed by atoms with Crippen LogP contribution in [-0.4, -0.2) is 88.1 Å². The van der Waals surface area contributed by atoms with E-state index in [4.69, 9.17) is 25.4 Å². The monoisotopic (exact) mass is 479 g/mol. The smallest absolute Gasteiger partial charge is 0.469 e. The normalized spacial score (nSPS) is 22.9. The van der Waals surface area contributed by atoms with Crippen LogP contribution in [0, 0.1) is 0 Å². The van der Waals surface area contributed by atoms with Crippen LogP contribution < -0.4 is 16.8 Å². The van der Waals surface area contributed by atoms with E-state index in [1.54, 1.807) is 0 Å². The van der Waals surface area contributed by atoms with Crippen molar-refractivity contribution in [3.8, 4) is 0 Å². The van der Waals surface area contributed by atoms with Crippen LogP contribution in [0.15, 0.2) is 12.7 Å². The average molecular weight is 479 g/mol. The van der Waals surface area contributed by atoms with Crippen molar-refractivity contribution in [2.75, 3.05) is 18.9 Å². The number of nitrogen functional groups attached to an aromatic ring is 1.